The Labute approximate surface area is 127 Å². The molecule has 2 aromatic carbocycles. The summed E-state index contributed by atoms with van der Waals surface area (Å²) in [4.78, 5) is 12.3. The maximum atomic E-state index is 12.9. The van der Waals surface area contributed by atoms with Crippen molar-refractivity contribution < 1.29 is 18.3 Å². The Bertz CT molecular complexity index is 818. The molecule has 22 heavy (non-hydrogen) atoms. The van der Waals surface area contributed by atoms with Crippen LogP contribution in [0.1, 0.15) is 34.7 Å². The molecule has 1 atom stereocenters. The van der Waals surface area contributed by atoms with Gasteiger partial charge in [0.05, 0.1) is 0 Å². The lowest BCUT2D eigenvalue weighted by Gasteiger charge is -2.12. The average molecular weight is 298 g/mol. The van der Waals surface area contributed by atoms with E-state index in [4.69, 9.17) is 9.15 Å². The van der Waals surface area contributed by atoms with Crippen molar-refractivity contribution in [1.29, 1.82) is 0 Å². The third kappa shape index (κ3) is 2.60. The third-order valence-electron chi connectivity index (χ3n) is 3.65. The van der Waals surface area contributed by atoms with Gasteiger partial charge in [-0.15, -0.1) is 0 Å². The number of ether oxygens (including phenoxy) is 1. The van der Waals surface area contributed by atoms with Gasteiger partial charge in [0, 0.05) is 10.9 Å². The van der Waals surface area contributed by atoms with Crippen LogP contribution in [-0.4, -0.2) is 5.97 Å². The van der Waals surface area contributed by atoms with Gasteiger partial charge in [-0.05, 0) is 37.6 Å². The minimum Gasteiger partial charge on any atom is -0.452 e. The van der Waals surface area contributed by atoms with Crippen molar-refractivity contribution in [3.63, 3.8) is 0 Å². The molecule has 1 heterocycles. The van der Waals surface area contributed by atoms with Crippen molar-refractivity contribution in [3.8, 4) is 0 Å². The summed E-state index contributed by atoms with van der Waals surface area (Å²) < 4.78 is 23.9. The van der Waals surface area contributed by atoms with E-state index >= 15 is 0 Å². The number of benzene rings is 2. The molecule has 0 bridgehead atoms. The first-order chi connectivity index (χ1) is 10.6. The smallest absolute Gasteiger partial charge is 0.375 e. The van der Waals surface area contributed by atoms with Crippen LogP contribution in [0.4, 0.5) is 4.39 Å². The molecule has 1 aromatic heterocycles. The Balaban J connectivity index is 1.84. The second kappa shape index (κ2) is 5.64. The quantitative estimate of drug-likeness (QED) is 0.652. The number of aryl methyl sites for hydroxylation is 1. The molecule has 3 aromatic rings. The molecule has 0 amide bonds. The van der Waals surface area contributed by atoms with Crippen LogP contribution in [0.2, 0.25) is 0 Å². The number of halogens is 1. The number of hydrogen-bond acceptors (Lipinski definition) is 3. The van der Waals surface area contributed by atoms with Gasteiger partial charge in [0.1, 0.15) is 17.5 Å². The fraction of sp³-hybridized carbons (Fsp3) is 0.167. The summed E-state index contributed by atoms with van der Waals surface area (Å²) in [6.07, 6.45) is -0.485. The number of furan rings is 1. The maximum absolute atomic E-state index is 12.9. The zero-order chi connectivity index (χ0) is 15.7. The highest BCUT2D eigenvalue weighted by atomic mass is 19.1. The van der Waals surface area contributed by atoms with E-state index in [9.17, 15) is 9.18 Å². The molecule has 0 aliphatic heterocycles. The van der Waals surface area contributed by atoms with Crippen molar-refractivity contribution >= 4 is 16.9 Å². The highest BCUT2D eigenvalue weighted by Gasteiger charge is 2.21. The summed E-state index contributed by atoms with van der Waals surface area (Å²) in [6, 6.07) is 13.3. The number of carbonyl (C=O) groups is 1. The standard InChI is InChI=1S/C18H15FO3/c1-11-15-5-3-4-6-16(15)22-17(11)18(20)21-12(2)13-7-9-14(19)10-8-13/h3-10,12H,1-2H3/t12-/m1/s1. The van der Waals surface area contributed by atoms with Crippen molar-refractivity contribution in [2.45, 2.75) is 20.0 Å². The second-order valence-electron chi connectivity index (χ2n) is 5.15. The predicted octanol–water partition coefficient (Wildman–Crippen LogP) is 4.80. The maximum Gasteiger partial charge on any atom is 0.375 e. The topological polar surface area (TPSA) is 39.4 Å². The van der Waals surface area contributed by atoms with E-state index in [0.29, 0.717) is 5.58 Å². The molecular formula is C18H15FO3. The first kappa shape index (κ1) is 14.3. The average Bonchev–Trinajstić information content (AvgIpc) is 2.85. The van der Waals surface area contributed by atoms with Gasteiger partial charge >= 0.3 is 5.97 Å². The molecule has 0 fully saturated rings. The molecule has 3 nitrogen and oxygen atoms in total. The highest BCUT2D eigenvalue weighted by Crippen LogP contribution is 2.27. The zero-order valence-corrected chi connectivity index (χ0v) is 12.3. The zero-order valence-electron chi connectivity index (χ0n) is 12.3. The molecule has 0 saturated carbocycles. The minimum atomic E-state index is -0.523. The van der Waals surface area contributed by atoms with Crippen LogP contribution in [0.3, 0.4) is 0 Å². The van der Waals surface area contributed by atoms with Crippen molar-refractivity contribution in [2.24, 2.45) is 0 Å². The number of hydrogen-bond donors (Lipinski definition) is 0. The Morgan fingerprint density at radius 2 is 1.82 bits per heavy atom. The molecule has 0 aliphatic carbocycles. The van der Waals surface area contributed by atoms with Crippen LogP contribution in [0.15, 0.2) is 52.9 Å². The van der Waals surface area contributed by atoms with Gasteiger partial charge < -0.3 is 9.15 Å². The third-order valence-corrected chi connectivity index (χ3v) is 3.65. The van der Waals surface area contributed by atoms with Crippen LogP contribution in [0.5, 0.6) is 0 Å². The first-order valence-corrected chi connectivity index (χ1v) is 7.01. The van der Waals surface area contributed by atoms with Gasteiger partial charge in [0.2, 0.25) is 5.76 Å². The fourth-order valence-electron chi connectivity index (χ4n) is 2.38. The SMILES string of the molecule is Cc1c(C(=O)O[C@H](C)c2ccc(F)cc2)oc2ccccc12. The molecule has 0 spiro atoms. The first-order valence-electron chi connectivity index (χ1n) is 7.01. The summed E-state index contributed by atoms with van der Waals surface area (Å²) >= 11 is 0. The normalized spacial score (nSPS) is 12.3. The largest absolute Gasteiger partial charge is 0.452 e. The number of para-hydroxylation sites is 1. The van der Waals surface area contributed by atoms with Gasteiger partial charge in [0.15, 0.2) is 0 Å². The van der Waals surface area contributed by atoms with Crippen LogP contribution < -0.4 is 0 Å². The van der Waals surface area contributed by atoms with Crippen molar-refractivity contribution in [1.82, 2.24) is 0 Å². The van der Waals surface area contributed by atoms with Gasteiger partial charge in [-0.1, -0.05) is 30.3 Å². The number of fused-ring (bicyclic) bond motifs is 1. The van der Waals surface area contributed by atoms with Gasteiger partial charge in [-0.2, -0.15) is 0 Å². The number of rotatable bonds is 3. The lowest BCUT2D eigenvalue weighted by atomic mass is 10.1. The van der Waals surface area contributed by atoms with E-state index in [1.807, 2.05) is 31.2 Å². The van der Waals surface area contributed by atoms with E-state index in [2.05, 4.69) is 0 Å². The summed E-state index contributed by atoms with van der Waals surface area (Å²) in [6.45, 7) is 3.56. The molecule has 0 radical (unpaired) electrons. The van der Waals surface area contributed by atoms with Crippen LogP contribution in [-0.2, 0) is 4.74 Å². The van der Waals surface area contributed by atoms with E-state index in [1.54, 1.807) is 19.1 Å². The lowest BCUT2D eigenvalue weighted by Crippen LogP contribution is -2.09. The minimum absolute atomic E-state index is 0.204. The lowest BCUT2D eigenvalue weighted by molar-refractivity contribution is 0.0303. The van der Waals surface area contributed by atoms with Gasteiger partial charge in [-0.25, -0.2) is 9.18 Å². The van der Waals surface area contributed by atoms with Crippen LogP contribution in [0.25, 0.3) is 11.0 Å². The predicted molar refractivity (Wildman–Crippen MR) is 81.2 cm³/mol. The fourth-order valence-corrected chi connectivity index (χ4v) is 2.38. The summed E-state index contributed by atoms with van der Waals surface area (Å²) in [5.74, 6) is -0.643. The molecule has 112 valence electrons. The Morgan fingerprint density at radius 1 is 1.14 bits per heavy atom. The number of carbonyl (C=O) groups excluding carboxylic acids is 1. The van der Waals surface area contributed by atoms with E-state index in [1.165, 1.54) is 12.1 Å². The van der Waals surface area contributed by atoms with Crippen molar-refractivity contribution in [2.75, 3.05) is 0 Å². The Hall–Kier alpha value is -2.62. The van der Waals surface area contributed by atoms with Gasteiger partial charge in [0.25, 0.3) is 0 Å². The Kier molecular flexibility index (Phi) is 3.67. The molecule has 0 N–H and O–H groups in total. The van der Waals surface area contributed by atoms with Crippen LogP contribution >= 0.6 is 0 Å². The number of esters is 1. The monoisotopic (exact) mass is 298 g/mol. The second-order valence-corrected chi connectivity index (χ2v) is 5.15. The van der Waals surface area contributed by atoms with Gasteiger partial charge in [-0.3, -0.25) is 0 Å². The molecule has 4 heteroatoms. The van der Waals surface area contributed by atoms with E-state index in [-0.39, 0.29) is 11.6 Å². The van der Waals surface area contributed by atoms with E-state index in [0.717, 1.165) is 16.5 Å². The molecule has 0 aliphatic rings. The molecule has 3 rings (SSSR count). The van der Waals surface area contributed by atoms with Crippen LogP contribution in [0, 0.1) is 12.7 Å². The van der Waals surface area contributed by atoms with E-state index < -0.39 is 12.1 Å². The molecule has 0 saturated heterocycles. The van der Waals surface area contributed by atoms with Crippen molar-refractivity contribution in [3.05, 3.63) is 71.2 Å². The molecule has 0 unspecified atom stereocenters. The summed E-state index contributed by atoms with van der Waals surface area (Å²) in [5.41, 5.74) is 2.14. The highest BCUT2D eigenvalue weighted by molar-refractivity contribution is 5.95. The summed E-state index contributed by atoms with van der Waals surface area (Å²) in [5, 5.41) is 0.892. The molecular weight excluding hydrogens is 283 g/mol. The Morgan fingerprint density at radius 3 is 2.50 bits per heavy atom. The summed E-state index contributed by atoms with van der Waals surface area (Å²) in [7, 11) is 0.